The van der Waals surface area contributed by atoms with Crippen LogP contribution in [0.15, 0.2) is 30.5 Å². The quantitative estimate of drug-likeness (QED) is 0.928. The lowest BCUT2D eigenvalue weighted by Gasteiger charge is -2.17. The van der Waals surface area contributed by atoms with Crippen molar-refractivity contribution in [2.45, 2.75) is 25.8 Å². The molecule has 0 aliphatic heterocycles. The Kier molecular flexibility index (Phi) is 3.30. The molecule has 1 N–H and O–H groups in total. The van der Waals surface area contributed by atoms with Crippen LogP contribution in [0.1, 0.15) is 16.7 Å². The van der Waals surface area contributed by atoms with Gasteiger partial charge in [0.15, 0.2) is 0 Å². The summed E-state index contributed by atoms with van der Waals surface area (Å²) in [5.41, 5.74) is 3.96. The number of nitrogens with zero attached hydrogens (tertiary/aromatic N) is 3. The van der Waals surface area contributed by atoms with E-state index in [-0.39, 0.29) is 0 Å². The molecule has 0 bridgehead atoms. The van der Waals surface area contributed by atoms with Crippen molar-refractivity contribution in [2.24, 2.45) is 0 Å². The number of hydrogen-bond acceptors (Lipinski definition) is 4. The second-order valence-electron chi connectivity index (χ2n) is 5.61. The molecule has 0 unspecified atom stereocenters. The lowest BCUT2D eigenvalue weighted by molar-refractivity contribution is 0.760. The van der Waals surface area contributed by atoms with E-state index in [0.717, 1.165) is 30.2 Å². The van der Waals surface area contributed by atoms with Crippen LogP contribution in [0.2, 0.25) is 0 Å². The van der Waals surface area contributed by atoms with Gasteiger partial charge >= 0.3 is 0 Å². The Hall–Kier alpha value is -2.10. The molecule has 0 fully saturated rings. The fraction of sp³-hybridized carbons (Fsp3) is 0.375. The summed E-state index contributed by atoms with van der Waals surface area (Å²) < 4.78 is 0. The Morgan fingerprint density at radius 3 is 2.40 bits per heavy atom. The highest BCUT2D eigenvalue weighted by Crippen LogP contribution is 2.24. The van der Waals surface area contributed by atoms with Crippen LogP contribution in [-0.2, 0) is 12.8 Å². The van der Waals surface area contributed by atoms with Gasteiger partial charge in [0.25, 0.3) is 0 Å². The molecule has 1 heterocycles. The van der Waals surface area contributed by atoms with E-state index >= 15 is 0 Å². The van der Waals surface area contributed by atoms with E-state index in [4.69, 9.17) is 0 Å². The largest absolute Gasteiger partial charge is 0.362 e. The predicted molar refractivity (Wildman–Crippen MR) is 82.4 cm³/mol. The van der Waals surface area contributed by atoms with E-state index < -0.39 is 0 Å². The summed E-state index contributed by atoms with van der Waals surface area (Å²) in [5.74, 6) is 1.69. The van der Waals surface area contributed by atoms with Crippen molar-refractivity contribution in [3.63, 3.8) is 0 Å². The van der Waals surface area contributed by atoms with Gasteiger partial charge in [0.1, 0.15) is 5.82 Å². The van der Waals surface area contributed by atoms with Gasteiger partial charge in [-0.15, -0.1) is 0 Å². The van der Waals surface area contributed by atoms with E-state index in [2.05, 4.69) is 39.6 Å². The Balaban J connectivity index is 1.75. The number of anilines is 2. The zero-order valence-corrected chi connectivity index (χ0v) is 12.2. The molecule has 2 aromatic rings. The topological polar surface area (TPSA) is 41.1 Å². The molecule has 1 aromatic heterocycles. The maximum absolute atomic E-state index is 4.60. The highest BCUT2D eigenvalue weighted by Gasteiger charge is 2.21. The molecule has 0 radical (unpaired) electrons. The third-order valence-corrected chi connectivity index (χ3v) is 3.75. The Morgan fingerprint density at radius 2 is 1.80 bits per heavy atom. The van der Waals surface area contributed by atoms with Crippen molar-refractivity contribution in [3.05, 3.63) is 47.2 Å². The smallest absolute Gasteiger partial charge is 0.224 e. The van der Waals surface area contributed by atoms with E-state index in [1.165, 1.54) is 11.1 Å². The summed E-state index contributed by atoms with van der Waals surface area (Å²) in [6.07, 6.45) is 3.97. The van der Waals surface area contributed by atoms with Gasteiger partial charge in [-0.1, -0.05) is 24.3 Å². The van der Waals surface area contributed by atoms with Crippen LogP contribution in [0.4, 0.5) is 11.8 Å². The maximum atomic E-state index is 4.60. The monoisotopic (exact) mass is 268 g/mol. The first-order valence-corrected chi connectivity index (χ1v) is 6.98. The molecule has 0 saturated heterocycles. The first-order valence-electron chi connectivity index (χ1n) is 6.98. The third kappa shape index (κ3) is 2.46. The summed E-state index contributed by atoms with van der Waals surface area (Å²) in [7, 11) is 4.01. The lowest BCUT2D eigenvalue weighted by atomic mass is 10.1. The van der Waals surface area contributed by atoms with Crippen LogP contribution in [-0.4, -0.2) is 30.1 Å². The average Bonchev–Trinajstić information content (AvgIpc) is 2.82. The summed E-state index contributed by atoms with van der Waals surface area (Å²) >= 11 is 0. The number of rotatable bonds is 3. The first kappa shape index (κ1) is 12.9. The molecule has 0 amide bonds. The average molecular weight is 268 g/mol. The lowest BCUT2D eigenvalue weighted by Crippen LogP contribution is -2.22. The van der Waals surface area contributed by atoms with E-state index in [9.17, 15) is 0 Å². The summed E-state index contributed by atoms with van der Waals surface area (Å²) in [6.45, 7) is 2.03. The Bertz CT molecular complexity index is 597. The minimum Gasteiger partial charge on any atom is -0.362 e. The molecule has 0 saturated carbocycles. The van der Waals surface area contributed by atoms with Gasteiger partial charge in [-0.05, 0) is 30.9 Å². The molecule has 3 rings (SSSR count). The second kappa shape index (κ2) is 5.12. The summed E-state index contributed by atoms with van der Waals surface area (Å²) in [6, 6.07) is 9.02. The van der Waals surface area contributed by atoms with E-state index in [1.807, 2.05) is 32.1 Å². The van der Waals surface area contributed by atoms with Crippen LogP contribution in [0.25, 0.3) is 0 Å². The van der Waals surface area contributed by atoms with Gasteiger partial charge in [0, 0.05) is 31.9 Å². The molecule has 4 nitrogen and oxygen atoms in total. The minimum absolute atomic E-state index is 0.394. The zero-order chi connectivity index (χ0) is 14.1. The van der Waals surface area contributed by atoms with Crippen LogP contribution in [0.3, 0.4) is 0 Å². The van der Waals surface area contributed by atoms with Crippen molar-refractivity contribution >= 4 is 11.8 Å². The van der Waals surface area contributed by atoms with Gasteiger partial charge in [-0.25, -0.2) is 4.98 Å². The standard InChI is InChI=1S/C16H20N4/c1-11-10-17-16(19-15(11)20(2)3)18-14-8-12-6-4-5-7-13(12)9-14/h4-7,10,14H,8-9H2,1-3H3,(H,17,18,19). The van der Waals surface area contributed by atoms with Crippen LogP contribution in [0.5, 0.6) is 0 Å². The van der Waals surface area contributed by atoms with Crippen molar-refractivity contribution < 1.29 is 0 Å². The van der Waals surface area contributed by atoms with Crippen LogP contribution >= 0.6 is 0 Å². The first-order chi connectivity index (χ1) is 9.63. The van der Waals surface area contributed by atoms with Crippen molar-refractivity contribution in [1.82, 2.24) is 9.97 Å². The van der Waals surface area contributed by atoms with Gasteiger partial charge in [0.2, 0.25) is 5.95 Å². The molecular weight excluding hydrogens is 248 g/mol. The van der Waals surface area contributed by atoms with Crippen LogP contribution < -0.4 is 10.2 Å². The SMILES string of the molecule is Cc1cnc(NC2Cc3ccccc3C2)nc1N(C)C. The van der Waals surface area contributed by atoms with Gasteiger partial charge in [-0.3, -0.25) is 0 Å². The molecule has 104 valence electrons. The molecule has 1 aliphatic carbocycles. The summed E-state index contributed by atoms with van der Waals surface area (Å²) in [5, 5.41) is 3.46. The fourth-order valence-electron chi connectivity index (χ4n) is 2.80. The minimum atomic E-state index is 0.394. The van der Waals surface area contributed by atoms with Crippen LogP contribution in [0, 0.1) is 6.92 Å². The third-order valence-electron chi connectivity index (χ3n) is 3.75. The summed E-state index contributed by atoms with van der Waals surface area (Å²) in [4.78, 5) is 11.0. The molecule has 4 heteroatoms. The molecule has 0 atom stereocenters. The molecule has 1 aromatic carbocycles. The highest BCUT2D eigenvalue weighted by molar-refractivity contribution is 5.48. The number of aromatic nitrogens is 2. The van der Waals surface area contributed by atoms with Crippen molar-refractivity contribution in [3.8, 4) is 0 Å². The molecule has 0 spiro atoms. The molecular formula is C16H20N4. The highest BCUT2D eigenvalue weighted by atomic mass is 15.2. The number of aryl methyl sites for hydroxylation is 1. The second-order valence-corrected chi connectivity index (χ2v) is 5.61. The van der Waals surface area contributed by atoms with Crippen molar-refractivity contribution in [2.75, 3.05) is 24.3 Å². The number of nitrogens with one attached hydrogen (secondary N) is 1. The van der Waals surface area contributed by atoms with E-state index in [0.29, 0.717) is 6.04 Å². The number of hydrogen-bond donors (Lipinski definition) is 1. The van der Waals surface area contributed by atoms with Crippen molar-refractivity contribution in [1.29, 1.82) is 0 Å². The number of fused-ring (bicyclic) bond motifs is 1. The van der Waals surface area contributed by atoms with Gasteiger partial charge in [0.05, 0.1) is 0 Å². The van der Waals surface area contributed by atoms with Gasteiger partial charge in [-0.2, -0.15) is 4.98 Å². The Morgan fingerprint density at radius 1 is 1.15 bits per heavy atom. The van der Waals surface area contributed by atoms with E-state index in [1.54, 1.807) is 0 Å². The maximum Gasteiger partial charge on any atom is 0.224 e. The normalized spacial score (nSPS) is 14.2. The fourth-order valence-corrected chi connectivity index (χ4v) is 2.80. The van der Waals surface area contributed by atoms with Gasteiger partial charge < -0.3 is 10.2 Å². The Labute approximate surface area is 119 Å². The zero-order valence-electron chi connectivity index (χ0n) is 12.2. The number of benzene rings is 1. The molecule has 20 heavy (non-hydrogen) atoms. The molecule has 1 aliphatic rings. The predicted octanol–water partition coefficient (Wildman–Crippen LogP) is 2.43.